The molecular weight excluding hydrogens is 351 g/mol. The topological polar surface area (TPSA) is 66.2 Å². The molecule has 0 aliphatic carbocycles. The second-order valence-corrected chi connectivity index (χ2v) is 6.51. The lowest BCUT2D eigenvalue weighted by Crippen LogP contribution is -1.87. The van der Waals surface area contributed by atoms with Gasteiger partial charge in [-0.2, -0.15) is 0 Å². The minimum Gasteiger partial charge on any atom is -0.506 e. The molecule has 2 aromatic carbocycles. The average molecular weight is 373 g/mol. The van der Waals surface area contributed by atoms with Crippen LogP contribution in [-0.2, 0) is 0 Å². The van der Waals surface area contributed by atoms with E-state index in [9.17, 15) is 10.2 Å². The van der Waals surface area contributed by atoms with Crippen molar-refractivity contribution in [2.75, 3.05) is 0 Å². The van der Waals surface area contributed by atoms with Crippen LogP contribution in [0, 0.1) is 27.7 Å². The second kappa shape index (κ2) is 8.39. The lowest BCUT2D eigenvalue weighted by Gasteiger charge is -2.04. The first-order chi connectivity index (χ1) is 12.4. The predicted octanol–water partition coefficient (Wildman–Crippen LogP) is 4.73. The Morgan fingerprint density at radius 1 is 0.630 bits per heavy atom. The average Bonchev–Trinajstić information content (AvgIpc) is 2.57. The van der Waals surface area contributed by atoms with Gasteiger partial charge in [-0.05, 0) is 63.1 Å². The van der Waals surface area contributed by atoms with E-state index in [1.165, 1.54) is 0 Å². The van der Waals surface area contributed by atoms with Crippen LogP contribution in [0.4, 0.5) is 0 Å². The molecule has 2 aromatic heterocycles. The fraction of sp³-hybridized carbons (Fsp3) is 0.182. The first-order valence-electron chi connectivity index (χ1n) is 8.48. The summed E-state index contributed by atoms with van der Waals surface area (Å²) in [6, 6.07) is 15.0. The monoisotopic (exact) mass is 373 g/mol. The largest absolute Gasteiger partial charge is 0.506 e. The van der Waals surface area contributed by atoms with Gasteiger partial charge in [0.25, 0.3) is 0 Å². The number of hydrogen-bond donors (Lipinski definition) is 2. The highest BCUT2D eigenvalue weighted by Gasteiger charge is 2.04. The van der Waals surface area contributed by atoms with Gasteiger partial charge in [0.05, 0.1) is 0 Å². The molecule has 0 bridgehead atoms. The number of pyridine rings is 2. The lowest BCUT2D eigenvalue weighted by molar-refractivity contribution is 0.479. The summed E-state index contributed by atoms with van der Waals surface area (Å²) in [7, 11) is 0. The molecule has 0 fully saturated rings. The number of nitrogens with zero attached hydrogens (tertiary/aromatic N) is 2. The normalized spacial score (nSPS) is 10.2. The van der Waals surface area contributed by atoms with Crippen LogP contribution in [0.25, 0.3) is 21.8 Å². The smallest absolute Gasteiger partial charge is 0.141 e. The molecule has 4 nitrogen and oxygen atoms in total. The highest BCUT2D eigenvalue weighted by molar-refractivity contribution is 5.87. The standard InChI is InChI=1S/2C11H11NO.Al/c2*1-7-6-8(2)12-11-9(7)4-3-5-10(11)13;/h2*3-6,13H,1-2H3;. The molecule has 0 aliphatic rings. The first-order valence-corrected chi connectivity index (χ1v) is 8.48. The molecule has 2 heterocycles. The van der Waals surface area contributed by atoms with E-state index >= 15 is 0 Å². The summed E-state index contributed by atoms with van der Waals surface area (Å²) in [4.78, 5) is 8.57. The van der Waals surface area contributed by atoms with Crippen LogP contribution in [0.2, 0.25) is 0 Å². The number of fused-ring (bicyclic) bond motifs is 2. The van der Waals surface area contributed by atoms with Crippen molar-refractivity contribution >= 4 is 39.2 Å². The molecule has 0 aliphatic heterocycles. The van der Waals surface area contributed by atoms with Crippen molar-refractivity contribution in [1.82, 2.24) is 9.97 Å². The number of phenols is 2. The zero-order valence-corrected chi connectivity index (χ0v) is 17.1. The van der Waals surface area contributed by atoms with Gasteiger partial charge in [0.15, 0.2) is 0 Å². The van der Waals surface area contributed by atoms with E-state index in [4.69, 9.17) is 0 Å². The Morgan fingerprint density at radius 2 is 1.00 bits per heavy atom. The summed E-state index contributed by atoms with van der Waals surface area (Å²) in [5.74, 6) is 0.508. The van der Waals surface area contributed by atoms with E-state index in [1.54, 1.807) is 12.1 Å². The quantitative estimate of drug-likeness (QED) is 0.437. The fourth-order valence-corrected chi connectivity index (χ4v) is 3.13. The van der Waals surface area contributed by atoms with E-state index in [1.807, 2.05) is 64.1 Å². The van der Waals surface area contributed by atoms with Gasteiger partial charge < -0.3 is 10.2 Å². The molecule has 4 aromatic rings. The number of benzene rings is 2. The summed E-state index contributed by atoms with van der Waals surface area (Å²) >= 11 is 0. The van der Waals surface area contributed by atoms with Crippen molar-refractivity contribution in [3.8, 4) is 11.5 Å². The molecule has 0 spiro atoms. The van der Waals surface area contributed by atoms with E-state index in [0.717, 1.165) is 33.3 Å². The van der Waals surface area contributed by atoms with Gasteiger partial charge in [0.2, 0.25) is 0 Å². The maximum Gasteiger partial charge on any atom is 0.141 e. The van der Waals surface area contributed by atoms with Gasteiger partial charge in [0, 0.05) is 39.5 Å². The van der Waals surface area contributed by atoms with Gasteiger partial charge in [-0.15, -0.1) is 0 Å². The third kappa shape index (κ3) is 4.39. The Balaban J connectivity index is 0.000000187. The van der Waals surface area contributed by atoms with E-state index in [-0.39, 0.29) is 28.9 Å². The number of hydrogen-bond acceptors (Lipinski definition) is 4. The lowest BCUT2D eigenvalue weighted by atomic mass is 10.1. The number of aromatic nitrogens is 2. The van der Waals surface area contributed by atoms with Gasteiger partial charge >= 0.3 is 0 Å². The van der Waals surface area contributed by atoms with Crippen LogP contribution in [0.1, 0.15) is 22.5 Å². The maximum atomic E-state index is 9.56. The molecular formula is C22H22AlN2O2. The molecule has 135 valence electrons. The van der Waals surface area contributed by atoms with Crippen LogP contribution >= 0.6 is 0 Å². The Hall–Kier alpha value is -2.61. The molecule has 0 amide bonds. The van der Waals surface area contributed by atoms with Gasteiger partial charge in [-0.1, -0.05) is 24.3 Å². The van der Waals surface area contributed by atoms with Crippen molar-refractivity contribution in [3.05, 3.63) is 71.0 Å². The second-order valence-electron chi connectivity index (χ2n) is 6.51. The third-order valence-corrected chi connectivity index (χ3v) is 4.31. The first kappa shape index (κ1) is 20.7. The highest BCUT2D eigenvalue weighted by Crippen LogP contribution is 2.26. The van der Waals surface area contributed by atoms with E-state index < -0.39 is 0 Å². The molecule has 0 saturated heterocycles. The van der Waals surface area contributed by atoms with Crippen molar-refractivity contribution < 1.29 is 10.2 Å². The van der Waals surface area contributed by atoms with Crippen molar-refractivity contribution in [2.24, 2.45) is 0 Å². The molecule has 2 N–H and O–H groups in total. The van der Waals surface area contributed by atoms with Crippen molar-refractivity contribution in [3.63, 3.8) is 0 Å². The number of para-hydroxylation sites is 2. The Kier molecular flexibility index (Phi) is 6.43. The minimum atomic E-state index is 0. The molecule has 0 atom stereocenters. The number of aryl methyl sites for hydroxylation is 4. The Labute approximate surface area is 169 Å². The fourth-order valence-electron chi connectivity index (χ4n) is 3.13. The molecule has 4 rings (SSSR count). The summed E-state index contributed by atoms with van der Waals surface area (Å²) < 4.78 is 0. The van der Waals surface area contributed by atoms with Crippen LogP contribution in [0.5, 0.6) is 11.5 Å². The molecule has 5 heteroatoms. The van der Waals surface area contributed by atoms with Gasteiger partial charge in [-0.25, -0.2) is 9.97 Å². The minimum absolute atomic E-state index is 0. The van der Waals surface area contributed by atoms with Crippen molar-refractivity contribution in [1.29, 1.82) is 0 Å². The zero-order valence-electron chi connectivity index (χ0n) is 16.0. The summed E-state index contributed by atoms with van der Waals surface area (Å²) in [5.41, 5.74) is 5.56. The van der Waals surface area contributed by atoms with Crippen LogP contribution in [0.3, 0.4) is 0 Å². The number of phenolic OH excluding ortho intramolecular Hbond substituents is 2. The summed E-state index contributed by atoms with van der Waals surface area (Å²) in [6.07, 6.45) is 0. The van der Waals surface area contributed by atoms with E-state index in [2.05, 4.69) is 9.97 Å². The van der Waals surface area contributed by atoms with Gasteiger partial charge in [0.1, 0.15) is 22.5 Å². The van der Waals surface area contributed by atoms with E-state index in [0.29, 0.717) is 11.0 Å². The third-order valence-electron chi connectivity index (χ3n) is 4.31. The predicted molar refractivity (Wildman–Crippen MR) is 112 cm³/mol. The Morgan fingerprint density at radius 3 is 1.37 bits per heavy atom. The number of aromatic hydroxyl groups is 2. The van der Waals surface area contributed by atoms with Gasteiger partial charge in [-0.3, -0.25) is 0 Å². The molecule has 27 heavy (non-hydrogen) atoms. The number of rotatable bonds is 0. The summed E-state index contributed by atoms with van der Waals surface area (Å²) in [6.45, 7) is 7.91. The maximum absolute atomic E-state index is 9.56. The SMILES string of the molecule is Cc1cc(C)c2cccc(O)c2n1.Cc1cc(C)c2cccc(O)c2n1.[Al]. The Bertz CT molecular complexity index is 1020. The molecule has 3 radical (unpaired) electrons. The zero-order chi connectivity index (χ0) is 18.8. The van der Waals surface area contributed by atoms with Crippen LogP contribution < -0.4 is 0 Å². The van der Waals surface area contributed by atoms with Crippen LogP contribution in [0.15, 0.2) is 48.5 Å². The summed E-state index contributed by atoms with van der Waals surface area (Å²) in [5, 5.41) is 21.2. The van der Waals surface area contributed by atoms with Crippen molar-refractivity contribution in [2.45, 2.75) is 27.7 Å². The van der Waals surface area contributed by atoms with Crippen LogP contribution in [-0.4, -0.2) is 37.5 Å². The molecule has 0 saturated carbocycles. The highest BCUT2D eigenvalue weighted by atomic mass is 27.0. The molecule has 0 unspecified atom stereocenters.